The zero-order valence-corrected chi connectivity index (χ0v) is 16.9. The number of rotatable bonds is 7. The Bertz CT molecular complexity index is 766. The molecular weight excluding hydrogens is 354 g/mol. The van der Waals surface area contributed by atoms with Gasteiger partial charge in [0.25, 0.3) is 0 Å². The summed E-state index contributed by atoms with van der Waals surface area (Å²) in [5.41, 5.74) is 2.09. The summed E-state index contributed by atoms with van der Waals surface area (Å²) in [5, 5.41) is 0. The van der Waals surface area contributed by atoms with E-state index in [1.54, 1.807) is 7.11 Å². The van der Waals surface area contributed by atoms with Crippen molar-refractivity contribution >= 4 is 5.91 Å². The van der Waals surface area contributed by atoms with Crippen molar-refractivity contribution in [2.45, 2.75) is 32.3 Å². The molecule has 1 unspecified atom stereocenters. The average molecular weight is 383 g/mol. The molecule has 1 aliphatic heterocycles. The summed E-state index contributed by atoms with van der Waals surface area (Å²) in [6, 6.07) is 15.9. The lowest BCUT2D eigenvalue weighted by Gasteiger charge is -2.29. The van der Waals surface area contributed by atoms with Gasteiger partial charge in [-0.15, -0.1) is 0 Å². The normalized spacial score (nSPS) is 15.4. The fourth-order valence-electron chi connectivity index (χ4n) is 3.53. The fraction of sp³-hybridized carbons (Fsp3) is 0.435. The summed E-state index contributed by atoms with van der Waals surface area (Å²) in [6.07, 6.45) is 0.517. The third kappa shape index (κ3) is 5.04. The summed E-state index contributed by atoms with van der Waals surface area (Å²) >= 11 is 0. The first-order chi connectivity index (χ1) is 13.6. The monoisotopic (exact) mass is 383 g/mol. The number of amides is 1. The molecule has 0 N–H and O–H groups in total. The molecule has 1 atom stereocenters. The quantitative estimate of drug-likeness (QED) is 0.728. The van der Waals surface area contributed by atoms with Crippen LogP contribution in [-0.4, -0.2) is 50.3 Å². The Morgan fingerprint density at radius 2 is 1.75 bits per heavy atom. The highest BCUT2D eigenvalue weighted by atomic mass is 16.5. The molecular formula is C23H29NO4. The van der Waals surface area contributed by atoms with Crippen LogP contribution in [-0.2, 0) is 9.53 Å². The van der Waals surface area contributed by atoms with E-state index >= 15 is 0 Å². The Kier molecular flexibility index (Phi) is 6.93. The van der Waals surface area contributed by atoms with Gasteiger partial charge in [0.15, 0.2) is 0 Å². The molecule has 2 aromatic rings. The van der Waals surface area contributed by atoms with Crippen molar-refractivity contribution in [2.24, 2.45) is 0 Å². The molecule has 0 spiro atoms. The van der Waals surface area contributed by atoms with E-state index in [0.717, 1.165) is 22.6 Å². The number of carbonyl (C=O) groups excluding carboxylic acids is 1. The third-order valence-corrected chi connectivity index (χ3v) is 4.91. The van der Waals surface area contributed by atoms with Crippen LogP contribution in [0.4, 0.5) is 0 Å². The maximum atomic E-state index is 13.0. The minimum Gasteiger partial charge on any atom is -0.496 e. The lowest BCUT2D eigenvalue weighted by Crippen LogP contribution is -2.41. The maximum absolute atomic E-state index is 13.0. The summed E-state index contributed by atoms with van der Waals surface area (Å²) in [7, 11) is 1.67. The SMILES string of the molecule is COc1ccccc1C(CC(=O)N1CCOCC1)c1ccc(OC(C)C)cc1. The minimum absolute atomic E-state index is 0.0837. The first-order valence-electron chi connectivity index (χ1n) is 9.83. The van der Waals surface area contributed by atoms with Crippen molar-refractivity contribution in [3.63, 3.8) is 0 Å². The van der Waals surface area contributed by atoms with E-state index in [1.807, 2.05) is 67.3 Å². The minimum atomic E-state index is -0.0837. The van der Waals surface area contributed by atoms with Crippen LogP contribution in [0.5, 0.6) is 11.5 Å². The first kappa shape index (κ1) is 20.2. The van der Waals surface area contributed by atoms with Crippen LogP contribution in [0.15, 0.2) is 48.5 Å². The van der Waals surface area contributed by atoms with Gasteiger partial charge < -0.3 is 19.1 Å². The number of ether oxygens (including phenoxy) is 3. The summed E-state index contributed by atoms with van der Waals surface area (Å²) in [5.74, 6) is 1.68. The molecule has 0 bridgehead atoms. The van der Waals surface area contributed by atoms with Crippen LogP contribution < -0.4 is 9.47 Å². The molecule has 1 saturated heterocycles. The van der Waals surface area contributed by atoms with Crippen LogP contribution >= 0.6 is 0 Å². The second kappa shape index (κ2) is 9.60. The average Bonchev–Trinajstić information content (AvgIpc) is 2.73. The topological polar surface area (TPSA) is 48.0 Å². The molecule has 3 rings (SSSR count). The second-order valence-corrected chi connectivity index (χ2v) is 7.23. The fourth-order valence-corrected chi connectivity index (χ4v) is 3.53. The summed E-state index contributed by atoms with van der Waals surface area (Å²) < 4.78 is 16.7. The molecule has 1 fully saturated rings. The Balaban J connectivity index is 1.88. The van der Waals surface area contributed by atoms with E-state index in [-0.39, 0.29) is 17.9 Å². The molecule has 2 aromatic carbocycles. The lowest BCUT2D eigenvalue weighted by atomic mass is 9.87. The van der Waals surface area contributed by atoms with Crippen molar-refractivity contribution in [3.05, 3.63) is 59.7 Å². The molecule has 1 aliphatic rings. The lowest BCUT2D eigenvalue weighted by molar-refractivity contribution is -0.135. The number of para-hydroxylation sites is 1. The van der Waals surface area contributed by atoms with Gasteiger partial charge in [-0.05, 0) is 37.6 Å². The van der Waals surface area contributed by atoms with Crippen LogP contribution in [0.25, 0.3) is 0 Å². The zero-order chi connectivity index (χ0) is 19.9. The molecule has 0 aliphatic carbocycles. The van der Waals surface area contributed by atoms with E-state index in [1.165, 1.54) is 0 Å². The van der Waals surface area contributed by atoms with Crippen LogP contribution in [0.3, 0.4) is 0 Å². The predicted octanol–water partition coefficient (Wildman–Crippen LogP) is 3.86. The van der Waals surface area contributed by atoms with Crippen molar-refractivity contribution in [1.29, 1.82) is 0 Å². The largest absolute Gasteiger partial charge is 0.496 e. The molecule has 28 heavy (non-hydrogen) atoms. The van der Waals surface area contributed by atoms with Gasteiger partial charge in [-0.1, -0.05) is 30.3 Å². The standard InChI is InChI=1S/C23H29NO4/c1-17(2)28-19-10-8-18(9-11-19)21(20-6-4-5-7-22(20)26-3)16-23(25)24-12-14-27-15-13-24/h4-11,17,21H,12-16H2,1-3H3. The van der Waals surface area contributed by atoms with Crippen LogP contribution in [0, 0.1) is 0 Å². The number of carbonyl (C=O) groups is 1. The smallest absolute Gasteiger partial charge is 0.223 e. The number of methoxy groups -OCH3 is 1. The Morgan fingerprint density at radius 1 is 1.07 bits per heavy atom. The maximum Gasteiger partial charge on any atom is 0.223 e. The third-order valence-electron chi connectivity index (χ3n) is 4.91. The van der Waals surface area contributed by atoms with E-state index in [4.69, 9.17) is 14.2 Å². The van der Waals surface area contributed by atoms with Gasteiger partial charge in [0.2, 0.25) is 5.91 Å². The van der Waals surface area contributed by atoms with Crippen molar-refractivity contribution < 1.29 is 19.0 Å². The van der Waals surface area contributed by atoms with Crippen molar-refractivity contribution in [1.82, 2.24) is 4.90 Å². The Labute approximate surface area is 167 Å². The number of morpholine rings is 1. The predicted molar refractivity (Wildman–Crippen MR) is 109 cm³/mol. The molecule has 0 saturated carbocycles. The number of benzene rings is 2. The van der Waals surface area contributed by atoms with Crippen molar-refractivity contribution in [2.75, 3.05) is 33.4 Å². The van der Waals surface area contributed by atoms with Gasteiger partial charge in [-0.2, -0.15) is 0 Å². The van der Waals surface area contributed by atoms with Gasteiger partial charge >= 0.3 is 0 Å². The molecule has 0 radical (unpaired) electrons. The number of hydrogen-bond acceptors (Lipinski definition) is 4. The zero-order valence-electron chi connectivity index (χ0n) is 16.9. The van der Waals surface area contributed by atoms with Crippen LogP contribution in [0.2, 0.25) is 0 Å². The second-order valence-electron chi connectivity index (χ2n) is 7.23. The van der Waals surface area contributed by atoms with Gasteiger partial charge in [0, 0.05) is 31.0 Å². The number of nitrogens with zero attached hydrogens (tertiary/aromatic N) is 1. The first-order valence-corrected chi connectivity index (χ1v) is 9.83. The Morgan fingerprint density at radius 3 is 2.39 bits per heavy atom. The molecule has 0 aromatic heterocycles. The molecule has 1 amide bonds. The van der Waals surface area contributed by atoms with E-state index in [9.17, 15) is 4.79 Å². The van der Waals surface area contributed by atoms with Crippen LogP contribution in [0.1, 0.15) is 37.3 Å². The van der Waals surface area contributed by atoms with Crippen molar-refractivity contribution in [3.8, 4) is 11.5 Å². The molecule has 5 heteroatoms. The Hall–Kier alpha value is -2.53. The van der Waals surface area contributed by atoms with E-state index in [2.05, 4.69) is 0 Å². The highest BCUT2D eigenvalue weighted by molar-refractivity contribution is 5.78. The summed E-state index contributed by atoms with van der Waals surface area (Å²) in [6.45, 7) is 6.52. The van der Waals surface area contributed by atoms with E-state index < -0.39 is 0 Å². The van der Waals surface area contributed by atoms with Gasteiger partial charge in [-0.25, -0.2) is 0 Å². The van der Waals surface area contributed by atoms with Gasteiger partial charge in [-0.3, -0.25) is 4.79 Å². The van der Waals surface area contributed by atoms with E-state index in [0.29, 0.717) is 32.7 Å². The molecule has 150 valence electrons. The summed E-state index contributed by atoms with van der Waals surface area (Å²) in [4.78, 5) is 14.9. The number of hydrogen-bond donors (Lipinski definition) is 0. The molecule has 5 nitrogen and oxygen atoms in total. The van der Waals surface area contributed by atoms with Gasteiger partial charge in [0.05, 0.1) is 26.4 Å². The highest BCUT2D eigenvalue weighted by Crippen LogP contribution is 2.35. The van der Waals surface area contributed by atoms with Gasteiger partial charge in [0.1, 0.15) is 11.5 Å². The molecule has 1 heterocycles. The highest BCUT2D eigenvalue weighted by Gasteiger charge is 2.25.